The number of benzene rings is 4. The number of hydrogen-bond donors (Lipinski definition) is 2. The molecule has 12 rings (SSSR count). The van der Waals surface area contributed by atoms with Crippen molar-refractivity contribution >= 4 is 37.9 Å². The lowest BCUT2D eigenvalue weighted by Crippen LogP contribution is -2.23. The van der Waals surface area contributed by atoms with Crippen LogP contribution in [0.4, 0.5) is 5.95 Å². The highest BCUT2D eigenvalue weighted by molar-refractivity contribution is 7.90. The second-order valence-corrected chi connectivity index (χ2v) is 20.0. The molecule has 2 fully saturated rings. The Kier molecular flexibility index (Phi) is 14.3. The Bertz CT molecular complexity index is 3310. The second kappa shape index (κ2) is 21.5. The lowest BCUT2D eigenvalue weighted by molar-refractivity contribution is 0.171. The van der Waals surface area contributed by atoms with Crippen LogP contribution >= 0.6 is 0 Å². The van der Waals surface area contributed by atoms with Crippen molar-refractivity contribution in [3.63, 3.8) is 0 Å². The van der Waals surface area contributed by atoms with Gasteiger partial charge in [0.1, 0.15) is 61.2 Å². The van der Waals surface area contributed by atoms with Crippen LogP contribution < -0.4 is 39.5 Å². The van der Waals surface area contributed by atoms with Crippen LogP contribution in [0.5, 0.6) is 34.5 Å². The smallest absolute Gasteiger partial charge is 0.248 e. The van der Waals surface area contributed by atoms with E-state index < -0.39 is 9.84 Å². The molecule has 72 heavy (non-hydrogen) atoms. The molecule has 0 radical (unpaired) electrons. The number of ether oxygens (including phenoxy) is 6. The zero-order chi connectivity index (χ0) is 49.6. The van der Waals surface area contributed by atoms with E-state index in [1.165, 1.54) is 57.6 Å². The van der Waals surface area contributed by atoms with E-state index >= 15 is 0 Å². The minimum absolute atomic E-state index is 0.256. The fourth-order valence-electron chi connectivity index (χ4n) is 9.33. The predicted molar refractivity (Wildman–Crippen MR) is 274 cm³/mol. The Labute approximate surface area is 417 Å². The first-order valence-corrected chi connectivity index (χ1v) is 26.3. The van der Waals surface area contributed by atoms with Crippen molar-refractivity contribution in [2.24, 2.45) is 5.73 Å². The molecule has 0 amide bonds. The monoisotopic (exact) mass is 994 g/mol. The molecule has 4 aliphatic rings. The molecule has 374 valence electrons. The molecule has 2 aliphatic heterocycles. The van der Waals surface area contributed by atoms with Gasteiger partial charge >= 0.3 is 0 Å². The minimum atomic E-state index is -3.58. The summed E-state index contributed by atoms with van der Waals surface area (Å²) < 4.78 is 61.5. The summed E-state index contributed by atoms with van der Waals surface area (Å²) >= 11 is 0. The summed E-state index contributed by atoms with van der Waals surface area (Å²) in [7, 11) is -0.336. The first-order valence-electron chi connectivity index (χ1n) is 24.4. The topological polar surface area (TPSA) is 215 Å². The summed E-state index contributed by atoms with van der Waals surface area (Å²) in [5, 5.41) is 3.28. The minimum Gasteiger partial charge on any atom is -0.497 e. The zero-order valence-corrected chi connectivity index (χ0v) is 41.4. The number of imidazole rings is 2. The molecule has 0 saturated heterocycles. The Hall–Kier alpha value is -7.51. The van der Waals surface area contributed by atoms with Crippen molar-refractivity contribution in [1.29, 1.82) is 0 Å². The Balaban J connectivity index is 0.000000146. The number of anilines is 1. The molecule has 4 aromatic heterocycles. The molecule has 8 aromatic rings. The van der Waals surface area contributed by atoms with Crippen LogP contribution in [0, 0.1) is 0 Å². The fraction of sp³-hybridized carbons (Fsp3) is 0.358. The number of nitrogens with one attached hydrogen (secondary N) is 1. The van der Waals surface area contributed by atoms with Crippen LogP contribution in [0.2, 0.25) is 0 Å². The average Bonchev–Trinajstić information content (AvgIpc) is 4.00. The molecule has 18 nitrogen and oxygen atoms in total. The van der Waals surface area contributed by atoms with Crippen molar-refractivity contribution in [2.45, 2.75) is 81.4 Å². The van der Waals surface area contributed by atoms with Gasteiger partial charge in [0.15, 0.2) is 23.0 Å². The average molecular weight is 995 g/mol. The van der Waals surface area contributed by atoms with Gasteiger partial charge in [0.25, 0.3) is 0 Å². The number of hydrogen-bond acceptors (Lipinski definition) is 16. The van der Waals surface area contributed by atoms with Gasteiger partial charge in [-0.05, 0) is 98.5 Å². The second-order valence-electron chi connectivity index (χ2n) is 18.1. The van der Waals surface area contributed by atoms with Crippen LogP contribution in [0.15, 0.2) is 102 Å². The summed E-state index contributed by atoms with van der Waals surface area (Å²) in [6, 6.07) is 27.4. The molecule has 2 saturated carbocycles. The Morgan fingerprint density at radius 2 is 1.06 bits per heavy atom. The van der Waals surface area contributed by atoms with Gasteiger partial charge in [-0.25, -0.2) is 33.3 Å². The third kappa shape index (κ3) is 10.7. The standard InChI is InChI=1S/C26H27N5O3.C21H18N4O5S.C6H13N/c1-32-19-8-9-21-20(16-19)29-25(17-7-10-22-23(15-17)34-14-13-33-22)31(21)24-11-12-27-26(30-24)28-18-5-3-2-4-6-18;1-28-14-4-5-16-15(12-14)23-20(13-3-6-17-18(11-13)30-10-9-29-17)25(16)19-7-8-22-21(24-19)31(2,26)27;7-6-4-2-1-3-5-6/h7-12,15-16,18H,2-6,13-14H2,1H3,(H,27,28,30);3-8,11-12H,9-10H2,1-2H3;6H,1-5,7H2. The first-order chi connectivity index (χ1) is 35.1. The SMILES string of the molecule is COc1ccc2c(c1)nc(-c1ccc3c(c1)OCCO3)n2-c1ccnc(NC2CCCCC2)n1.COc1ccc2c(c1)nc(-c1ccc3c(c1)OCCO3)n2-c1ccnc(S(C)(=O)=O)n1.NC1CCCCC1. The number of fused-ring (bicyclic) bond motifs is 4. The van der Waals surface area contributed by atoms with Gasteiger partial charge in [-0.15, -0.1) is 0 Å². The normalized spacial score (nSPS) is 15.7. The quantitative estimate of drug-likeness (QED) is 0.129. The summed E-state index contributed by atoms with van der Waals surface area (Å²) in [5.74, 6) is 7.30. The van der Waals surface area contributed by atoms with E-state index in [1.807, 2.05) is 78.9 Å². The summed E-state index contributed by atoms with van der Waals surface area (Å²) in [4.78, 5) is 27.3. The van der Waals surface area contributed by atoms with E-state index in [0.29, 0.717) is 78.9 Å². The molecule has 4 aromatic carbocycles. The molecule has 3 N–H and O–H groups in total. The van der Waals surface area contributed by atoms with Crippen LogP contribution in [-0.2, 0) is 9.84 Å². The summed E-state index contributed by atoms with van der Waals surface area (Å²) in [5.41, 5.74) is 10.5. The van der Waals surface area contributed by atoms with Crippen LogP contribution in [-0.4, -0.2) is 106 Å². The van der Waals surface area contributed by atoms with E-state index in [1.54, 1.807) is 31.0 Å². The number of sulfone groups is 1. The van der Waals surface area contributed by atoms with E-state index in [2.05, 4.69) is 24.8 Å². The van der Waals surface area contributed by atoms with Gasteiger partial charge in [0.2, 0.25) is 20.9 Å². The van der Waals surface area contributed by atoms with Crippen molar-refractivity contribution < 1.29 is 36.8 Å². The third-order valence-corrected chi connectivity index (χ3v) is 13.8. The van der Waals surface area contributed by atoms with E-state index in [4.69, 9.17) is 49.1 Å². The van der Waals surface area contributed by atoms with Crippen LogP contribution in [0.25, 0.3) is 56.5 Å². The van der Waals surface area contributed by atoms with Crippen molar-refractivity contribution in [3.8, 4) is 68.9 Å². The molecule has 0 bridgehead atoms. The number of rotatable bonds is 9. The maximum atomic E-state index is 12.0. The zero-order valence-electron chi connectivity index (χ0n) is 40.6. The molecule has 19 heteroatoms. The summed E-state index contributed by atoms with van der Waals surface area (Å²) in [6.07, 6.45) is 17.1. The van der Waals surface area contributed by atoms with Gasteiger partial charge in [0.05, 0.1) is 36.3 Å². The highest BCUT2D eigenvalue weighted by Crippen LogP contribution is 2.39. The van der Waals surface area contributed by atoms with Gasteiger partial charge in [-0.1, -0.05) is 38.5 Å². The molecule has 2 aliphatic carbocycles. The van der Waals surface area contributed by atoms with Crippen LogP contribution in [0.1, 0.15) is 64.2 Å². The van der Waals surface area contributed by atoms with E-state index in [-0.39, 0.29) is 5.16 Å². The number of methoxy groups -OCH3 is 2. The van der Waals surface area contributed by atoms with Gasteiger partial charge in [0, 0.05) is 54.0 Å². The number of nitrogens with two attached hydrogens (primary N) is 1. The molecule has 0 atom stereocenters. The molecular formula is C53H58N10O8S. The first kappa shape index (κ1) is 48.1. The highest BCUT2D eigenvalue weighted by atomic mass is 32.2. The summed E-state index contributed by atoms with van der Waals surface area (Å²) in [6.45, 7) is 2.06. The highest BCUT2D eigenvalue weighted by Gasteiger charge is 2.23. The predicted octanol–water partition coefficient (Wildman–Crippen LogP) is 8.95. The van der Waals surface area contributed by atoms with Crippen molar-refractivity contribution in [1.82, 2.24) is 39.0 Å². The largest absolute Gasteiger partial charge is 0.497 e. The molecule has 0 unspecified atom stereocenters. The number of nitrogens with zero attached hydrogens (tertiary/aromatic N) is 8. The third-order valence-electron chi connectivity index (χ3n) is 13.0. The van der Waals surface area contributed by atoms with Gasteiger partial charge < -0.3 is 39.5 Å². The maximum Gasteiger partial charge on any atom is 0.248 e. The lowest BCUT2D eigenvalue weighted by Gasteiger charge is -2.23. The Morgan fingerprint density at radius 3 is 1.54 bits per heavy atom. The fourth-order valence-corrected chi connectivity index (χ4v) is 9.84. The van der Waals surface area contributed by atoms with Gasteiger partial charge in [-0.3, -0.25) is 9.13 Å². The maximum absolute atomic E-state index is 12.0. The molecule has 6 heterocycles. The van der Waals surface area contributed by atoms with Crippen molar-refractivity contribution in [2.75, 3.05) is 52.2 Å². The van der Waals surface area contributed by atoms with E-state index in [9.17, 15) is 8.42 Å². The lowest BCUT2D eigenvalue weighted by atomic mass is 9.96. The number of aromatic nitrogens is 8. The van der Waals surface area contributed by atoms with E-state index in [0.717, 1.165) is 75.7 Å². The molecule has 0 spiro atoms. The molecular weight excluding hydrogens is 937 g/mol. The van der Waals surface area contributed by atoms with Crippen molar-refractivity contribution in [3.05, 3.63) is 97.3 Å². The van der Waals surface area contributed by atoms with Gasteiger partial charge in [-0.2, -0.15) is 4.98 Å². The van der Waals surface area contributed by atoms with Crippen LogP contribution in [0.3, 0.4) is 0 Å². The Morgan fingerprint density at radius 1 is 0.569 bits per heavy atom.